The van der Waals surface area contributed by atoms with Crippen molar-refractivity contribution in [1.82, 2.24) is 10.3 Å². The molecule has 1 aromatic heterocycles. The van der Waals surface area contributed by atoms with Gasteiger partial charge in [-0.3, -0.25) is 10.1 Å². The van der Waals surface area contributed by atoms with Crippen LogP contribution in [-0.4, -0.2) is 28.2 Å². The van der Waals surface area contributed by atoms with Crippen molar-refractivity contribution in [1.29, 1.82) is 0 Å². The number of carbonyl (C=O) groups is 1. The third-order valence-corrected chi connectivity index (χ3v) is 4.63. The van der Waals surface area contributed by atoms with Gasteiger partial charge in [0.15, 0.2) is 0 Å². The van der Waals surface area contributed by atoms with Crippen LogP contribution < -0.4 is 11.1 Å². The van der Waals surface area contributed by atoms with Gasteiger partial charge >= 0.3 is 0 Å². The summed E-state index contributed by atoms with van der Waals surface area (Å²) in [6.45, 7) is 0. The van der Waals surface area contributed by atoms with Gasteiger partial charge in [0.1, 0.15) is 11.8 Å². The fourth-order valence-corrected chi connectivity index (χ4v) is 3.32. The topological polar surface area (TPSA) is 81.2 Å². The zero-order chi connectivity index (χ0) is 12.6. The molecular formula is C12H17N3O2S. The Morgan fingerprint density at radius 3 is 2.83 bits per heavy atom. The van der Waals surface area contributed by atoms with Crippen LogP contribution in [0.2, 0.25) is 0 Å². The maximum absolute atomic E-state index is 11.9. The maximum atomic E-state index is 11.9. The Bertz CT molecular complexity index is 429. The van der Waals surface area contributed by atoms with Gasteiger partial charge in [-0.05, 0) is 31.6 Å². The van der Waals surface area contributed by atoms with E-state index in [1.165, 1.54) is 11.8 Å². The number of oxazole rings is 1. The standard InChI is InChI=1S/C12H17N3O2S/c13-10(16)12(8-1-2-8,15-9-3-4-9)7-18-11-14-5-6-17-11/h5-6,8-9,15H,1-4,7H2,(H2,13,16). The Balaban J connectivity index is 1.72. The molecule has 0 aliphatic heterocycles. The number of amides is 1. The molecule has 2 aliphatic carbocycles. The summed E-state index contributed by atoms with van der Waals surface area (Å²) in [4.78, 5) is 16.0. The largest absolute Gasteiger partial charge is 0.440 e. The van der Waals surface area contributed by atoms with E-state index in [9.17, 15) is 4.79 Å². The maximum Gasteiger partial charge on any atom is 0.255 e. The second-order valence-electron chi connectivity index (χ2n) is 5.12. The van der Waals surface area contributed by atoms with Gasteiger partial charge in [0.25, 0.3) is 5.22 Å². The number of nitrogens with zero attached hydrogens (tertiary/aromatic N) is 1. The highest BCUT2D eigenvalue weighted by atomic mass is 32.2. The molecule has 0 radical (unpaired) electrons. The number of rotatable bonds is 7. The molecular weight excluding hydrogens is 250 g/mol. The Morgan fingerprint density at radius 2 is 2.33 bits per heavy atom. The molecule has 3 N–H and O–H groups in total. The molecule has 18 heavy (non-hydrogen) atoms. The lowest BCUT2D eigenvalue weighted by Gasteiger charge is -2.31. The van der Waals surface area contributed by atoms with Crippen LogP contribution in [0.25, 0.3) is 0 Å². The van der Waals surface area contributed by atoms with Crippen molar-refractivity contribution in [2.75, 3.05) is 5.75 Å². The molecule has 1 heterocycles. The molecule has 2 saturated carbocycles. The van der Waals surface area contributed by atoms with E-state index in [0.717, 1.165) is 25.7 Å². The SMILES string of the molecule is NC(=O)C(CSc1ncco1)(NC1CC1)C1CC1. The highest BCUT2D eigenvalue weighted by molar-refractivity contribution is 7.99. The van der Waals surface area contributed by atoms with E-state index in [2.05, 4.69) is 10.3 Å². The molecule has 1 amide bonds. The molecule has 0 spiro atoms. The molecule has 0 bridgehead atoms. The molecule has 2 aliphatic rings. The predicted molar refractivity (Wildman–Crippen MR) is 68.0 cm³/mol. The number of hydrogen-bond donors (Lipinski definition) is 2. The molecule has 2 fully saturated rings. The summed E-state index contributed by atoms with van der Waals surface area (Å²) in [5.41, 5.74) is 5.08. The number of carbonyl (C=O) groups excluding carboxylic acids is 1. The molecule has 1 atom stereocenters. The molecule has 5 nitrogen and oxygen atoms in total. The van der Waals surface area contributed by atoms with Crippen molar-refractivity contribution >= 4 is 17.7 Å². The summed E-state index contributed by atoms with van der Waals surface area (Å²) < 4.78 is 5.20. The number of nitrogens with one attached hydrogen (secondary N) is 1. The van der Waals surface area contributed by atoms with Gasteiger partial charge in [-0.1, -0.05) is 11.8 Å². The van der Waals surface area contributed by atoms with Crippen LogP contribution in [-0.2, 0) is 4.79 Å². The van der Waals surface area contributed by atoms with Crippen LogP contribution in [0.5, 0.6) is 0 Å². The van der Waals surface area contributed by atoms with E-state index in [4.69, 9.17) is 10.2 Å². The molecule has 1 aromatic rings. The summed E-state index contributed by atoms with van der Waals surface area (Å²) >= 11 is 1.46. The molecule has 98 valence electrons. The quantitative estimate of drug-likeness (QED) is 0.724. The summed E-state index contributed by atoms with van der Waals surface area (Å²) in [6, 6.07) is 0.461. The fraction of sp³-hybridized carbons (Fsp3) is 0.667. The lowest BCUT2D eigenvalue weighted by Crippen LogP contribution is -2.60. The molecule has 6 heteroatoms. The Kier molecular flexibility index (Phi) is 3.07. The lowest BCUT2D eigenvalue weighted by molar-refractivity contribution is -0.124. The molecule has 0 saturated heterocycles. The number of nitrogens with two attached hydrogens (primary N) is 1. The van der Waals surface area contributed by atoms with E-state index in [1.807, 2.05) is 0 Å². The minimum absolute atomic E-state index is 0.240. The minimum Gasteiger partial charge on any atom is -0.440 e. The summed E-state index contributed by atoms with van der Waals surface area (Å²) in [5.74, 6) is 0.735. The second-order valence-corrected chi connectivity index (χ2v) is 6.04. The average molecular weight is 267 g/mol. The first-order valence-electron chi connectivity index (χ1n) is 6.30. The van der Waals surface area contributed by atoms with Crippen LogP contribution in [0.15, 0.2) is 22.1 Å². The first-order chi connectivity index (χ1) is 8.71. The summed E-state index contributed by atoms with van der Waals surface area (Å²) in [6.07, 6.45) is 7.60. The number of aromatic nitrogens is 1. The van der Waals surface area contributed by atoms with E-state index < -0.39 is 5.54 Å². The van der Waals surface area contributed by atoms with Gasteiger partial charge in [0.2, 0.25) is 5.91 Å². The van der Waals surface area contributed by atoms with Gasteiger partial charge in [-0.25, -0.2) is 4.98 Å². The number of thioether (sulfide) groups is 1. The number of primary amides is 1. The van der Waals surface area contributed by atoms with Crippen LogP contribution in [0, 0.1) is 5.92 Å². The van der Waals surface area contributed by atoms with E-state index in [-0.39, 0.29) is 5.91 Å². The van der Waals surface area contributed by atoms with Gasteiger partial charge in [-0.15, -0.1) is 0 Å². The Hall–Kier alpha value is -1.01. The second kappa shape index (κ2) is 4.59. The van der Waals surface area contributed by atoms with Gasteiger partial charge < -0.3 is 10.2 Å². The van der Waals surface area contributed by atoms with E-state index in [0.29, 0.717) is 22.9 Å². The van der Waals surface area contributed by atoms with Crippen LogP contribution in [0.3, 0.4) is 0 Å². The third-order valence-electron chi connectivity index (χ3n) is 3.59. The average Bonchev–Trinajstić information content (AvgIpc) is 3.25. The lowest BCUT2D eigenvalue weighted by atomic mass is 9.94. The zero-order valence-electron chi connectivity index (χ0n) is 10.1. The van der Waals surface area contributed by atoms with Crippen molar-refractivity contribution in [3.05, 3.63) is 12.5 Å². The Morgan fingerprint density at radius 1 is 1.56 bits per heavy atom. The van der Waals surface area contributed by atoms with E-state index in [1.54, 1.807) is 12.5 Å². The summed E-state index contributed by atoms with van der Waals surface area (Å²) in [5, 5.41) is 4.06. The third kappa shape index (κ3) is 2.40. The first kappa shape index (κ1) is 12.0. The minimum atomic E-state index is -0.583. The molecule has 0 aromatic carbocycles. The van der Waals surface area contributed by atoms with Gasteiger partial charge in [0, 0.05) is 11.8 Å². The number of hydrogen-bond acceptors (Lipinski definition) is 5. The highest BCUT2D eigenvalue weighted by Gasteiger charge is 2.52. The normalized spacial score (nSPS) is 22.7. The van der Waals surface area contributed by atoms with Gasteiger partial charge in [-0.2, -0.15) is 0 Å². The van der Waals surface area contributed by atoms with E-state index >= 15 is 0 Å². The fourth-order valence-electron chi connectivity index (χ4n) is 2.25. The van der Waals surface area contributed by atoms with Crippen molar-refractivity contribution in [2.24, 2.45) is 11.7 Å². The van der Waals surface area contributed by atoms with Crippen molar-refractivity contribution in [3.63, 3.8) is 0 Å². The van der Waals surface area contributed by atoms with Crippen molar-refractivity contribution < 1.29 is 9.21 Å². The predicted octanol–water partition coefficient (Wildman–Crippen LogP) is 1.15. The smallest absolute Gasteiger partial charge is 0.255 e. The van der Waals surface area contributed by atoms with Crippen LogP contribution >= 0.6 is 11.8 Å². The van der Waals surface area contributed by atoms with Crippen molar-refractivity contribution in [3.8, 4) is 0 Å². The van der Waals surface area contributed by atoms with Crippen LogP contribution in [0.1, 0.15) is 25.7 Å². The monoisotopic (exact) mass is 267 g/mol. The van der Waals surface area contributed by atoms with Gasteiger partial charge in [0.05, 0.1) is 6.20 Å². The Labute approximate surface area is 110 Å². The zero-order valence-corrected chi connectivity index (χ0v) is 10.9. The first-order valence-corrected chi connectivity index (χ1v) is 7.29. The van der Waals surface area contributed by atoms with Crippen LogP contribution in [0.4, 0.5) is 0 Å². The highest BCUT2D eigenvalue weighted by Crippen LogP contribution is 2.43. The molecule has 3 rings (SSSR count). The van der Waals surface area contributed by atoms with Crippen molar-refractivity contribution in [2.45, 2.75) is 42.5 Å². The molecule has 1 unspecified atom stereocenters. The summed E-state index contributed by atoms with van der Waals surface area (Å²) in [7, 11) is 0.